The number of hydrogen-bond acceptors (Lipinski definition) is 2. The van der Waals surface area contributed by atoms with E-state index in [9.17, 15) is 0 Å². The molecule has 2 nitrogen and oxygen atoms in total. The summed E-state index contributed by atoms with van der Waals surface area (Å²) >= 11 is 0. The van der Waals surface area contributed by atoms with E-state index in [1.54, 1.807) is 0 Å². The summed E-state index contributed by atoms with van der Waals surface area (Å²) in [6.07, 6.45) is 2.81. The fourth-order valence-electron chi connectivity index (χ4n) is 2.45. The van der Waals surface area contributed by atoms with Gasteiger partial charge in [-0.3, -0.25) is 0 Å². The zero-order valence-electron chi connectivity index (χ0n) is 14.5. The van der Waals surface area contributed by atoms with Crippen LogP contribution in [-0.2, 0) is 4.74 Å². The summed E-state index contributed by atoms with van der Waals surface area (Å²) in [6.45, 7) is 19.0. The summed E-state index contributed by atoms with van der Waals surface area (Å²) in [7, 11) is 0. The second-order valence-corrected chi connectivity index (χ2v) is 8.05. The van der Waals surface area contributed by atoms with Gasteiger partial charge < -0.3 is 9.84 Å². The standard InChI is InChI=1S/C17H36O2/c1-9-17(8,10-11-18)19-13-15(4,5)12-16(6,7)14(2)3/h14,18H,9-13H2,1-8H3. The Balaban J connectivity index is 4.53. The van der Waals surface area contributed by atoms with Gasteiger partial charge in [-0.05, 0) is 42.9 Å². The minimum absolute atomic E-state index is 0.166. The van der Waals surface area contributed by atoms with Crippen molar-refractivity contribution < 1.29 is 9.84 Å². The summed E-state index contributed by atoms with van der Waals surface area (Å²) in [6, 6.07) is 0. The first kappa shape index (κ1) is 18.9. The lowest BCUT2D eigenvalue weighted by molar-refractivity contribution is -0.0883. The molecule has 19 heavy (non-hydrogen) atoms. The summed E-state index contributed by atoms with van der Waals surface area (Å²) in [5.74, 6) is 0.668. The van der Waals surface area contributed by atoms with Gasteiger partial charge in [-0.15, -0.1) is 0 Å². The average molecular weight is 272 g/mol. The van der Waals surface area contributed by atoms with Crippen molar-refractivity contribution in [2.75, 3.05) is 13.2 Å². The first-order valence-electron chi connectivity index (χ1n) is 7.73. The van der Waals surface area contributed by atoms with Crippen molar-refractivity contribution in [3.63, 3.8) is 0 Å². The lowest BCUT2D eigenvalue weighted by Gasteiger charge is -2.40. The minimum Gasteiger partial charge on any atom is -0.396 e. The minimum atomic E-state index is -0.187. The molecule has 0 aromatic rings. The van der Waals surface area contributed by atoms with Crippen LogP contribution in [0.2, 0.25) is 0 Å². The maximum atomic E-state index is 9.14. The van der Waals surface area contributed by atoms with Crippen LogP contribution in [0.1, 0.15) is 74.7 Å². The third-order valence-corrected chi connectivity index (χ3v) is 4.70. The highest BCUT2D eigenvalue weighted by Gasteiger charge is 2.33. The molecule has 1 N–H and O–H groups in total. The van der Waals surface area contributed by atoms with Crippen molar-refractivity contribution >= 4 is 0 Å². The highest BCUT2D eigenvalue weighted by Crippen LogP contribution is 2.40. The van der Waals surface area contributed by atoms with Crippen LogP contribution in [0.5, 0.6) is 0 Å². The van der Waals surface area contributed by atoms with Crippen molar-refractivity contribution in [1.82, 2.24) is 0 Å². The molecule has 0 amide bonds. The summed E-state index contributed by atoms with van der Waals surface area (Å²) in [4.78, 5) is 0. The number of ether oxygens (including phenoxy) is 1. The predicted octanol–water partition coefficient (Wildman–Crippen LogP) is 4.65. The lowest BCUT2D eigenvalue weighted by Crippen LogP contribution is -2.36. The Morgan fingerprint density at radius 1 is 1.05 bits per heavy atom. The van der Waals surface area contributed by atoms with Gasteiger partial charge in [0.1, 0.15) is 0 Å². The van der Waals surface area contributed by atoms with Crippen LogP contribution in [0.3, 0.4) is 0 Å². The highest BCUT2D eigenvalue weighted by molar-refractivity contribution is 4.83. The van der Waals surface area contributed by atoms with Gasteiger partial charge in [0.15, 0.2) is 0 Å². The number of hydrogen-bond donors (Lipinski definition) is 1. The first-order valence-corrected chi connectivity index (χ1v) is 7.73. The topological polar surface area (TPSA) is 29.5 Å². The molecule has 0 aliphatic heterocycles. The van der Waals surface area contributed by atoms with E-state index in [1.165, 1.54) is 0 Å². The second-order valence-electron chi connectivity index (χ2n) is 8.05. The molecule has 0 aromatic heterocycles. The van der Waals surface area contributed by atoms with Gasteiger partial charge in [-0.1, -0.05) is 48.5 Å². The van der Waals surface area contributed by atoms with Crippen molar-refractivity contribution in [2.24, 2.45) is 16.7 Å². The predicted molar refractivity (Wildman–Crippen MR) is 83.4 cm³/mol. The van der Waals surface area contributed by atoms with E-state index in [2.05, 4.69) is 55.4 Å². The van der Waals surface area contributed by atoms with Crippen LogP contribution in [-0.4, -0.2) is 23.9 Å². The molecule has 0 radical (unpaired) electrons. The zero-order chi connectivity index (χ0) is 15.3. The van der Waals surface area contributed by atoms with E-state index in [4.69, 9.17) is 9.84 Å². The van der Waals surface area contributed by atoms with E-state index in [-0.39, 0.29) is 17.6 Å². The van der Waals surface area contributed by atoms with Crippen LogP contribution >= 0.6 is 0 Å². The molecule has 0 aromatic carbocycles. The van der Waals surface area contributed by atoms with E-state index in [0.717, 1.165) is 19.4 Å². The molecule has 0 spiro atoms. The Hall–Kier alpha value is -0.0800. The quantitative estimate of drug-likeness (QED) is 0.662. The molecule has 0 bridgehead atoms. The normalized spacial score (nSPS) is 16.7. The molecule has 0 fully saturated rings. The molecular weight excluding hydrogens is 236 g/mol. The Labute approximate surface area is 120 Å². The molecule has 1 unspecified atom stereocenters. The third-order valence-electron chi connectivity index (χ3n) is 4.70. The molecular formula is C17H36O2. The van der Waals surface area contributed by atoms with E-state index >= 15 is 0 Å². The Morgan fingerprint density at radius 2 is 1.58 bits per heavy atom. The number of aliphatic hydroxyl groups is 1. The van der Waals surface area contributed by atoms with Crippen molar-refractivity contribution in [3.05, 3.63) is 0 Å². The Morgan fingerprint density at radius 3 is 1.95 bits per heavy atom. The maximum absolute atomic E-state index is 9.14. The highest BCUT2D eigenvalue weighted by atomic mass is 16.5. The summed E-state index contributed by atoms with van der Waals surface area (Å²) < 4.78 is 6.15. The largest absolute Gasteiger partial charge is 0.396 e. The monoisotopic (exact) mass is 272 g/mol. The van der Waals surface area contributed by atoms with Crippen LogP contribution < -0.4 is 0 Å². The Bertz CT molecular complexity index is 256. The van der Waals surface area contributed by atoms with Crippen LogP contribution in [0.4, 0.5) is 0 Å². The molecule has 1 atom stereocenters. The molecule has 0 saturated carbocycles. The molecule has 0 aliphatic carbocycles. The SMILES string of the molecule is CCC(C)(CCO)OCC(C)(C)CC(C)(C)C(C)C. The van der Waals surface area contributed by atoms with Gasteiger partial charge >= 0.3 is 0 Å². The van der Waals surface area contributed by atoms with E-state index < -0.39 is 0 Å². The van der Waals surface area contributed by atoms with Gasteiger partial charge in [0.25, 0.3) is 0 Å². The molecule has 2 heteroatoms. The maximum Gasteiger partial charge on any atom is 0.0674 e. The number of aliphatic hydroxyl groups excluding tert-OH is 1. The fourth-order valence-corrected chi connectivity index (χ4v) is 2.45. The van der Waals surface area contributed by atoms with E-state index in [1.807, 2.05) is 0 Å². The van der Waals surface area contributed by atoms with Crippen molar-refractivity contribution in [3.8, 4) is 0 Å². The van der Waals surface area contributed by atoms with Crippen molar-refractivity contribution in [1.29, 1.82) is 0 Å². The molecule has 0 saturated heterocycles. The molecule has 116 valence electrons. The summed E-state index contributed by atoms with van der Waals surface area (Å²) in [5.41, 5.74) is 0.306. The third kappa shape index (κ3) is 6.76. The number of rotatable bonds is 9. The van der Waals surface area contributed by atoms with Gasteiger partial charge in [0.05, 0.1) is 12.2 Å². The van der Waals surface area contributed by atoms with Gasteiger partial charge in [-0.25, -0.2) is 0 Å². The van der Waals surface area contributed by atoms with Gasteiger partial charge in [0, 0.05) is 6.61 Å². The van der Waals surface area contributed by atoms with Crippen LogP contribution in [0, 0.1) is 16.7 Å². The van der Waals surface area contributed by atoms with Gasteiger partial charge in [-0.2, -0.15) is 0 Å². The van der Waals surface area contributed by atoms with Crippen LogP contribution in [0.15, 0.2) is 0 Å². The summed E-state index contributed by atoms with van der Waals surface area (Å²) in [5, 5.41) is 9.14. The van der Waals surface area contributed by atoms with Crippen LogP contribution in [0.25, 0.3) is 0 Å². The second kappa shape index (κ2) is 7.08. The zero-order valence-corrected chi connectivity index (χ0v) is 14.5. The van der Waals surface area contributed by atoms with Crippen molar-refractivity contribution in [2.45, 2.75) is 80.3 Å². The molecule has 0 rings (SSSR count). The molecule has 0 aliphatic rings. The molecule has 0 heterocycles. The Kier molecular flexibility index (Phi) is 7.05. The fraction of sp³-hybridized carbons (Fsp3) is 1.00. The average Bonchev–Trinajstić information content (AvgIpc) is 2.25. The van der Waals surface area contributed by atoms with Gasteiger partial charge in [0.2, 0.25) is 0 Å². The smallest absolute Gasteiger partial charge is 0.0674 e. The first-order chi connectivity index (χ1) is 8.48. The van der Waals surface area contributed by atoms with E-state index in [0.29, 0.717) is 17.8 Å². The lowest BCUT2D eigenvalue weighted by atomic mass is 9.69.